The summed E-state index contributed by atoms with van der Waals surface area (Å²) in [6, 6.07) is 10.6. The van der Waals surface area contributed by atoms with Gasteiger partial charge in [0.05, 0.1) is 0 Å². The largest absolute Gasteiger partial charge is 0.352 e. The molecule has 2 amide bonds. The van der Waals surface area contributed by atoms with E-state index >= 15 is 0 Å². The first kappa shape index (κ1) is 20.4. The summed E-state index contributed by atoms with van der Waals surface area (Å²) >= 11 is 0. The Hall–Kier alpha value is -2.83. The minimum absolute atomic E-state index is 0.0381. The van der Waals surface area contributed by atoms with Crippen molar-refractivity contribution in [1.82, 2.24) is 15.1 Å². The predicted molar refractivity (Wildman–Crippen MR) is 121 cm³/mol. The summed E-state index contributed by atoms with van der Waals surface area (Å²) in [6.45, 7) is 10.3. The average molecular weight is 409 g/mol. The molecule has 2 aliphatic rings. The van der Waals surface area contributed by atoms with Gasteiger partial charge >= 0.3 is 6.03 Å². The number of urea groups is 1. The highest BCUT2D eigenvalue weighted by Crippen LogP contribution is 2.24. The van der Waals surface area contributed by atoms with Crippen LogP contribution in [-0.2, 0) is 0 Å². The maximum absolute atomic E-state index is 12.7. The third-order valence-corrected chi connectivity index (χ3v) is 6.47. The van der Waals surface area contributed by atoms with Gasteiger partial charge in [0.25, 0.3) is 0 Å². The fourth-order valence-corrected chi connectivity index (χ4v) is 4.30. The maximum atomic E-state index is 12.7. The average Bonchev–Trinajstić information content (AvgIpc) is 2.77. The number of carbonyl (C=O) groups is 1. The van der Waals surface area contributed by atoms with Crippen molar-refractivity contribution >= 4 is 23.4 Å². The highest BCUT2D eigenvalue weighted by molar-refractivity contribution is 5.90. The highest BCUT2D eigenvalue weighted by atomic mass is 16.2. The second-order valence-electron chi connectivity index (χ2n) is 8.44. The SMILES string of the molecule is Cc1cccc(NC(=O)N2CCN(c3ccc(N4CCCCC4C)nn3)CC2)c1C. The minimum Gasteiger partial charge on any atom is -0.352 e. The lowest BCUT2D eigenvalue weighted by atomic mass is 10.0. The number of hydrogen-bond donors (Lipinski definition) is 1. The Kier molecular flexibility index (Phi) is 6.06. The predicted octanol–water partition coefficient (Wildman–Crippen LogP) is 3.83. The van der Waals surface area contributed by atoms with Crippen LogP contribution in [0.25, 0.3) is 0 Å². The van der Waals surface area contributed by atoms with Crippen molar-refractivity contribution in [3.05, 3.63) is 41.5 Å². The molecule has 1 aromatic heterocycles. The van der Waals surface area contributed by atoms with E-state index in [0.717, 1.165) is 42.5 Å². The van der Waals surface area contributed by atoms with Gasteiger partial charge < -0.3 is 20.0 Å². The number of anilines is 3. The van der Waals surface area contributed by atoms with E-state index in [4.69, 9.17) is 0 Å². The Labute approximate surface area is 179 Å². The van der Waals surface area contributed by atoms with Crippen LogP contribution in [0.15, 0.2) is 30.3 Å². The van der Waals surface area contributed by atoms with Gasteiger partial charge in [-0.15, -0.1) is 10.2 Å². The van der Waals surface area contributed by atoms with Crippen molar-refractivity contribution < 1.29 is 4.79 Å². The zero-order valence-electron chi connectivity index (χ0n) is 18.3. The van der Waals surface area contributed by atoms with Gasteiger partial charge in [-0.05, 0) is 69.4 Å². The molecule has 7 nitrogen and oxygen atoms in total. The van der Waals surface area contributed by atoms with E-state index in [2.05, 4.69) is 57.4 Å². The monoisotopic (exact) mass is 408 g/mol. The number of benzene rings is 1. The van der Waals surface area contributed by atoms with Crippen LogP contribution in [0.1, 0.15) is 37.3 Å². The molecule has 2 aromatic rings. The fraction of sp³-hybridized carbons (Fsp3) is 0.522. The number of amides is 2. The molecule has 160 valence electrons. The fourth-order valence-electron chi connectivity index (χ4n) is 4.30. The van der Waals surface area contributed by atoms with E-state index in [1.54, 1.807) is 0 Å². The van der Waals surface area contributed by atoms with Gasteiger partial charge in [-0.3, -0.25) is 0 Å². The van der Waals surface area contributed by atoms with E-state index in [1.807, 2.05) is 24.0 Å². The minimum atomic E-state index is -0.0381. The molecular weight excluding hydrogens is 376 g/mol. The highest BCUT2D eigenvalue weighted by Gasteiger charge is 2.24. The van der Waals surface area contributed by atoms with Crippen molar-refractivity contribution in [3.8, 4) is 0 Å². The summed E-state index contributed by atoms with van der Waals surface area (Å²) in [5, 5.41) is 12.0. The molecular formula is C23H32N6O. The molecule has 7 heteroatoms. The van der Waals surface area contributed by atoms with Crippen LogP contribution in [0.2, 0.25) is 0 Å². The molecule has 0 saturated carbocycles. The maximum Gasteiger partial charge on any atom is 0.321 e. The quantitative estimate of drug-likeness (QED) is 0.836. The topological polar surface area (TPSA) is 64.6 Å². The van der Waals surface area contributed by atoms with E-state index in [9.17, 15) is 4.79 Å². The first-order valence-electron chi connectivity index (χ1n) is 11.0. The smallest absolute Gasteiger partial charge is 0.321 e. The van der Waals surface area contributed by atoms with Gasteiger partial charge in [0.15, 0.2) is 11.6 Å². The summed E-state index contributed by atoms with van der Waals surface area (Å²) in [5.41, 5.74) is 3.18. The molecule has 30 heavy (non-hydrogen) atoms. The molecule has 4 rings (SSSR count). The van der Waals surface area contributed by atoms with Crippen molar-refractivity contribution in [2.75, 3.05) is 47.8 Å². The lowest BCUT2D eigenvalue weighted by Gasteiger charge is -2.36. The summed E-state index contributed by atoms with van der Waals surface area (Å²) in [7, 11) is 0. The van der Waals surface area contributed by atoms with Crippen LogP contribution in [-0.4, -0.2) is 59.9 Å². The van der Waals surface area contributed by atoms with Gasteiger partial charge in [-0.25, -0.2) is 4.79 Å². The molecule has 0 spiro atoms. The molecule has 1 atom stereocenters. The van der Waals surface area contributed by atoms with Crippen LogP contribution in [0.3, 0.4) is 0 Å². The number of piperazine rings is 1. The number of nitrogens with zero attached hydrogens (tertiary/aromatic N) is 5. The van der Waals surface area contributed by atoms with Gasteiger partial charge in [0.1, 0.15) is 0 Å². The molecule has 0 bridgehead atoms. The molecule has 1 unspecified atom stereocenters. The first-order valence-corrected chi connectivity index (χ1v) is 11.0. The number of piperidine rings is 1. The Morgan fingerprint density at radius 3 is 2.40 bits per heavy atom. The number of rotatable bonds is 3. The summed E-state index contributed by atoms with van der Waals surface area (Å²) in [6.07, 6.45) is 3.74. The van der Waals surface area contributed by atoms with E-state index in [-0.39, 0.29) is 6.03 Å². The Balaban J connectivity index is 1.33. The molecule has 2 aliphatic heterocycles. The van der Waals surface area contributed by atoms with Crippen LogP contribution in [0.5, 0.6) is 0 Å². The van der Waals surface area contributed by atoms with Crippen molar-refractivity contribution in [3.63, 3.8) is 0 Å². The molecule has 0 aliphatic carbocycles. The lowest BCUT2D eigenvalue weighted by Crippen LogP contribution is -2.50. The number of nitrogens with one attached hydrogen (secondary N) is 1. The van der Waals surface area contributed by atoms with Crippen LogP contribution < -0.4 is 15.1 Å². The van der Waals surface area contributed by atoms with Crippen LogP contribution in [0.4, 0.5) is 22.1 Å². The Morgan fingerprint density at radius 2 is 1.70 bits per heavy atom. The van der Waals surface area contributed by atoms with Gasteiger partial charge in [-0.2, -0.15) is 0 Å². The zero-order valence-corrected chi connectivity index (χ0v) is 18.3. The molecule has 3 heterocycles. The standard InChI is InChI=1S/C23H32N6O/c1-17-7-6-9-20(19(17)3)24-23(30)28-15-13-27(14-16-28)21-10-11-22(26-25-21)29-12-5-4-8-18(29)2/h6-7,9-11,18H,4-5,8,12-16H2,1-3H3,(H,24,30). The normalized spacial score (nSPS) is 19.7. The van der Waals surface area contributed by atoms with E-state index in [1.165, 1.54) is 24.8 Å². The van der Waals surface area contributed by atoms with Gasteiger partial charge in [0, 0.05) is 44.5 Å². The van der Waals surface area contributed by atoms with Gasteiger partial charge in [0.2, 0.25) is 0 Å². The summed E-state index contributed by atoms with van der Waals surface area (Å²) in [4.78, 5) is 19.1. The number of hydrogen-bond acceptors (Lipinski definition) is 5. The second-order valence-corrected chi connectivity index (χ2v) is 8.44. The number of carbonyl (C=O) groups excluding carboxylic acids is 1. The molecule has 2 fully saturated rings. The lowest BCUT2D eigenvalue weighted by molar-refractivity contribution is 0.208. The molecule has 2 saturated heterocycles. The number of aromatic nitrogens is 2. The third-order valence-electron chi connectivity index (χ3n) is 6.47. The summed E-state index contributed by atoms with van der Waals surface area (Å²) < 4.78 is 0. The Morgan fingerprint density at radius 1 is 0.967 bits per heavy atom. The molecule has 1 N–H and O–H groups in total. The van der Waals surface area contributed by atoms with Crippen molar-refractivity contribution in [2.24, 2.45) is 0 Å². The number of aryl methyl sites for hydroxylation is 1. The van der Waals surface area contributed by atoms with Gasteiger partial charge in [-0.1, -0.05) is 12.1 Å². The molecule has 1 aromatic carbocycles. The molecule has 0 radical (unpaired) electrons. The van der Waals surface area contributed by atoms with Crippen LogP contribution in [0, 0.1) is 13.8 Å². The third kappa shape index (κ3) is 4.35. The van der Waals surface area contributed by atoms with E-state index < -0.39 is 0 Å². The van der Waals surface area contributed by atoms with E-state index in [0.29, 0.717) is 19.1 Å². The van der Waals surface area contributed by atoms with Crippen molar-refractivity contribution in [2.45, 2.75) is 46.1 Å². The summed E-state index contributed by atoms with van der Waals surface area (Å²) in [5.74, 6) is 1.86. The van der Waals surface area contributed by atoms with Crippen LogP contribution >= 0.6 is 0 Å². The Bertz CT molecular complexity index is 876. The van der Waals surface area contributed by atoms with Crippen molar-refractivity contribution in [1.29, 1.82) is 0 Å². The first-order chi connectivity index (χ1) is 14.5. The zero-order chi connectivity index (χ0) is 21.1. The second kappa shape index (κ2) is 8.90.